The number of anilines is 1. The number of carbonyl (C=O) groups is 2. The molecular formula is C18H19N3O5. The van der Waals surface area contributed by atoms with Gasteiger partial charge in [-0.05, 0) is 23.8 Å². The molecule has 136 valence electrons. The zero-order valence-electron chi connectivity index (χ0n) is 14.2. The molecule has 8 nitrogen and oxygen atoms in total. The minimum absolute atomic E-state index is 0.0147. The van der Waals surface area contributed by atoms with Crippen molar-refractivity contribution in [3.63, 3.8) is 0 Å². The monoisotopic (exact) mass is 357 g/mol. The fourth-order valence-corrected chi connectivity index (χ4v) is 2.27. The first-order chi connectivity index (χ1) is 12.5. The Morgan fingerprint density at radius 2 is 1.81 bits per heavy atom. The Kier molecular flexibility index (Phi) is 6.81. The van der Waals surface area contributed by atoms with Crippen LogP contribution in [0.4, 0.5) is 11.4 Å². The van der Waals surface area contributed by atoms with E-state index >= 15 is 0 Å². The maximum atomic E-state index is 12.3. The van der Waals surface area contributed by atoms with Crippen LogP contribution in [0.25, 0.3) is 0 Å². The number of nitrogens with one attached hydrogen (secondary N) is 2. The number of hydrogen-bond donors (Lipinski definition) is 2. The lowest BCUT2D eigenvalue weighted by Gasteiger charge is -2.08. The van der Waals surface area contributed by atoms with E-state index in [1.54, 1.807) is 37.4 Å². The minimum atomic E-state index is -0.597. The number of rotatable bonds is 8. The molecule has 0 unspecified atom stereocenters. The Bertz CT molecular complexity index is 790. The summed E-state index contributed by atoms with van der Waals surface area (Å²) in [5, 5.41) is 16.3. The minimum Gasteiger partial charge on any atom is -0.383 e. The van der Waals surface area contributed by atoms with Crippen LogP contribution in [0.5, 0.6) is 0 Å². The molecule has 0 saturated carbocycles. The second-order valence-electron chi connectivity index (χ2n) is 5.44. The number of nitro benzene ring substituents is 1. The number of ether oxygens (including phenoxy) is 1. The number of para-hydroxylation sites is 1. The van der Waals surface area contributed by atoms with Crippen molar-refractivity contribution in [2.75, 3.05) is 25.6 Å². The van der Waals surface area contributed by atoms with E-state index in [4.69, 9.17) is 4.74 Å². The summed E-state index contributed by atoms with van der Waals surface area (Å²) in [6.07, 6.45) is 0.210. The van der Waals surface area contributed by atoms with Gasteiger partial charge in [-0.15, -0.1) is 0 Å². The molecule has 0 saturated heterocycles. The van der Waals surface area contributed by atoms with Gasteiger partial charge in [-0.25, -0.2) is 0 Å². The predicted molar refractivity (Wildman–Crippen MR) is 96.1 cm³/mol. The molecule has 2 N–H and O–H groups in total. The molecule has 0 spiro atoms. The van der Waals surface area contributed by atoms with Crippen molar-refractivity contribution in [1.29, 1.82) is 0 Å². The van der Waals surface area contributed by atoms with E-state index in [1.165, 1.54) is 18.2 Å². The molecule has 0 fully saturated rings. The Balaban J connectivity index is 1.98. The Morgan fingerprint density at radius 3 is 2.46 bits per heavy atom. The highest BCUT2D eigenvalue weighted by atomic mass is 16.6. The summed E-state index contributed by atoms with van der Waals surface area (Å²) in [7, 11) is 1.56. The summed E-state index contributed by atoms with van der Waals surface area (Å²) in [6, 6.07) is 12.5. The van der Waals surface area contributed by atoms with Crippen LogP contribution in [-0.2, 0) is 16.0 Å². The molecule has 8 heteroatoms. The zero-order chi connectivity index (χ0) is 18.9. The summed E-state index contributed by atoms with van der Waals surface area (Å²) in [6.45, 7) is 0.891. The fraction of sp³-hybridized carbons (Fsp3) is 0.222. The molecule has 0 aliphatic heterocycles. The lowest BCUT2D eigenvalue weighted by atomic mass is 10.1. The van der Waals surface area contributed by atoms with Crippen LogP contribution >= 0.6 is 0 Å². The maximum absolute atomic E-state index is 12.3. The third-order valence-electron chi connectivity index (χ3n) is 3.55. The summed E-state index contributed by atoms with van der Waals surface area (Å²) in [4.78, 5) is 34.4. The molecule has 0 bridgehead atoms. The highest BCUT2D eigenvalue weighted by Crippen LogP contribution is 2.19. The smallest absolute Gasteiger partial charge is 0.282 e. The van der Waals surface area contributed by atoms with Gasteiger partial charge in [0.05, 0.1) is 18.0 Å². The van der Waals surface area contributed by atoms with Gasteiger partial charge in [-0.2, -0.15) is 0 Å². The fourth-order valence-electron chi connectivity index (χ4n) is 2.27. The Labute approximate surface area is 150 Å². The first-order valence-corrected chi connectivity index (χ1v) is 7.90. The van der Waals surface area contributed by atoms with Gasteiger partial charge in [0, 0.05) is 25.4 Å². The van der Waals surface area contributed by atoms with E-state index in [-0.39, 0.29) is 23.6 Å². The SMILES string of the molecule is COCCNC(=O)Cc1ccc(NC(=O)c2ccccc2[N+](=O)[O-])cc1. The summed E-state index contributed by atoms with van der Waals surface area (Å²) >= 11 is 0. The number of hydrogen-bond acceptors (Lipinski definition) is 5. The third kappa shape index (κ3) is 5.38. The van der Waals surface area contributed by atoms with Crippen molar-refractivity contribution in [3.8, 4) is 0 Å². The lowest BCUT2D eigenvalue weighted by molar-refractivity contribution is -0.385. The first-order valence-electron chi connectivity index (χ1n) is 7.90. The van der Waals surface area contributed by atoms with Gasteiger partial charge >= 0.3 is 0 Å². The maximum Gasteiger partial charge on any atom is 0.282 e. The number of amides is 2. The number of methoxy groups -OCH3 is 1. The van der Waals surface area contributed by atoms with Crippen molar-refractivity contribution in [2.45, 2.75) is 6.42 Å². The second-order valence-corrected chi connectivity index (χ2v) is 5.44. The van der Waals surface area contributed by atoms with Gasteiger partial charge in [0.1, 0.15) is 5.56 Å². The van der Waals surface area contributed by atoms with Crippen LogP contribution in [0, 0.1) is 10.1 Å². The highest BCUT2D eigenvalue weighted by molar-refractivity contribution is 6.07. The van der Waals surface area contributed by atoms with E-state index in [0.717, 1.165) is 5.56 Å². The third-order valence-corrected chi connectivity index (χ3v) is 3.55. The molecule has 2 aromatic rings. The molecule has 2 amide bonds. The van der Waals surface area contributed by atoms with Crippen LogP contribution in [0.2, 0.25) is 0 Å². The van der Waals surface area contributed by atoms with Crippen LogP contribution in [-0.4, -0.2) is 37.0 Å². The molecule has 2 aromatic carbocycles. The number of carbonyl (C=O) groups excluding carboxylic acids is 2. The summed E-state index contributed by atoms with van der Waals surface area (Å²) in [5.41, 5.74) is 0.994. The number of nitro groups is 1. The Hall–Kier alpha value is -3.26. The lowest BCUT2D eigenvalue weighted by Crippen LogP contribution is -2.28. The van der Waals surface area contributed by atoms with Gasteiger partial charge in [-0.3, -0.25) is 19.7 Å². The Morgan fingerprint density at radius 1 is 1.12 bits per heavy atom. The van der Waals surface area contributed by atoms with E-state index in [1.807, 2.05) is 0 Å². The highest BCUT2D eigenvalue weighted by Gasteiger charge is 2.19. The van der Waals surface area contributed by atoms with Gasteiger partial charge in [0.25, 0.3) is 11.6 Å². The van der Waals surface area contributed by atoms with Crippen molar-refractivity contribution >= 4 is 23.2 Å². The topological polar surface area (TPSA) is 111 Å². The van der Waals surface area contributed by atoms with E-state index in [2.05, 4.69) is 10.6 Å². The molecule has 0 heterocycles. The van der Waals surface area contributed by atoms with Crippen LogP contribution in [0.15, 0.2) is 48.5 Å². The summed E-state index contributed by atoms with van der Waals surface area (Å²) in [5.74, 6) is -0.693. The molecule has 0 atom stereocenters. The van der Waals surface area contributed by atoms with Gasteiger partial charge in [0.2, 0.25) is 5.91 Å². The molecular weight excluding hydrogens is 338 g/mol. The van der Waals surface area contributed by atoms with E-state index < -0.39 is 10.8 Å². The van der Waals surface area contributed by atoms with E-state index in [9.17, 15) is 19.7 Å². The first kappa shape index (κ1) is 19.1. The van der Waals surface area contributed by atoms with Crippen molar-refractivity contribution in [1.82, 2.24) is 5.32 Å². The van der Waals surface area contributed by atoms with E-state index in [0.29, 0.717) is 18.8 Å². The molecule has 0 aromatic heterocycles. The van der Waals surface area contributed by atoms with Gasteiger partial charge in [-0.1, -0.05) is 24.3 Å². The van der Waals surface area contributed by atoms with Crippen molar-refractivity contribution in [3.05, 3.63) is 69.8 Å². The summed E-state index contributed by atoms with van der Waals surface area (Å²) < 4.78 is 4.86. The van der Waals surface area contributed by atoms with Crippen LogP contribution in [0.1, 0.15) is 15.9 Å². The molecule has 0 aliphatic rings. The second kappa shape index (κ2) is 9.28. The van der Waals surface area contributed by atoms with Crippen molar-refractivity contribution < 1.29 is 19.2 Å². The number of benzene rings is 2. The number of nitrogens with zero attached hydrogens (tertiary/aromatic N) is 1. The average Bonchev–Trinajstić information content (AvgIpc) is 2.63. The normalized spacial score (nSPS) is 10.2. The standard InChI is InChI=1S/C18H19N3O5/c1-26-11-10-19-17(22)12-13-6-8-14(9-7-13)20-18(23)15-4-2-3-5-16(15)21(24)25/h2-9H,10-12H2,1H3,(H,19,22)(H,20,23). The quantitative estimate of drug-likeness (QED) is 0.427. The van der Waals surface area contributed by atoms with Crippen LogP contribution in [0.3, 0.4) is 0 Å². The van der Waals surface area contributed by atoms with Crippen molar-refractivity contribution in [2.24, 2.45) is 0 Å². The predicted octanol–water partition coefficient (Wildman–Crippen LogP) is 2.15. The van der Waals surface area contributed by atoms with Gasteiger partial charge < -0.3 is 15.4 Å². The average molecular weight is 357 g/mol. The molecule has 26 heavy (non-hydrogen) atoms. The van der Waals surface area contributed by atoms with Crippen LogP contribution < -0.4 is 10.6 Å². The molecule has 0 radical (unpaired) electrons. The molecule has 0 aliphatic carbocycles. The van der Waals surface area contributed by atoms with Gasteiger partial charge in [0.15, 0.2) is 0 Å². The largest absolute Gasteiger partial charge is 0.383 e. The zero-order valence-corrected chi connectivity index (χ0v) is 14.2. The molecule has 2 rings (SSSR count).